The third-order valence-electron chi connectivity index (χ3n) is 4.40. The van der Waals surface area contributed by atoms with E-state index in [9.17, 15) is 9.18 Å². The summed E-state index contributed by atoms with van der Waals surface area (Å²) in [6.45, 7) is 3.35. The Bertz CT molecular complexity index is 697. The molecule has 1 aromatic carbocycles. The third-order valence-corrected chi connectivity index (χ3v) is 4.40. The minimum absolute atomic E-state index is 0.0709. The molecular weight excluding hydrogens is 295 g/mol. The number of carbonyl (C=O) groups is 1. The van der Waals surface area contributed by atoms with E-state index >= 15 is 0 Å². The SMILES string of the molecule is C[C@@H](N)[C@H]1CCCN(C(=O)c2ccn(-c3ccccc3F)n2)C1. The first-order chi connectivity index (χ1) is 11.1. The van der Waals surface area contributed by atoms with Crippen LogP contribution in [0.5, 0.6) is 0 Å². The van der Waals surface area contributed by atoms with Crippen molar-refractivity contribution in [2.24, 2.45) is 11.7 Å². The summed E-state index contributed by atoms with van der Waals surface area (Å²) >= 11 is 0. The first kappa shape index (κ1) is 15.7. The Kier molecular flexibility index (Phi) is 4.43. The molecule has 2 aromatic rings. The van der Waals surface area contributed by atoms with Crippen molar-refractivity contribution in [1.82, 2.24) is 14.7 Å². The van der Waals surface area contributed by atoms with Crippen LogP contribution in [-0.2, 0) is 0 Å². The van der Waals surface area contributed by atoms with Crippen LogP contribution in [0.25, 0.3) is 5.69 Å². The lowest BCUT2D eigenvalue weighted by atomic mass is 9.92. The Labute approximate surface area is 134 Å². The van der Waals surface area contributed by atoms with Crippen LogP contribution in [0.4, 0.5) is 4.39 Å². The summed E-state index contributed by atoms with van der Waals surface area (Å²) in [4.78, 5) is 14.4. The smallest absolute Gasteiger partial charge is 0.274 e. The van der Waals surface area contributed by atoms with E-state index in [0.29, 0.717) is 30.4 Å². The summed E-state index contributed by atoms with van der Waals surface area (Å²) in [7, 11) is 0. The lowest BCUT2D eigenvalue weighted by Crippen LogP contribution is -2.45. The highest BCUT2D eigenvalue weighted by Crippen LogP contribution is 2.20. The van der Waals surface area contributed by atoms with Gasteiger partial charge in [0.1, 0.15) is 11.5 Å². The van der Waals surface area contributed by atoms with Crippen molar-refractivity contribution in [1.29, 1.82) is 0 Å². The fraction of sp³-hybridized carbons (Fsp3) is 0.412. The van der Waals surface area contributed by atoms with Gasteiger partial charge in [-0.25, -0.2) is 9.07 Å². The fourth-order valence-corrected chi connectivity index (χ4v) is 3.00. The summed E-state index contributed by atoms with van der Waals surface area (Å²) in [5, 5.41) is 4.24. The van der Waals surface area contributed by atoms with Crippen molar-refractivity contribution in [3.8, 4) is 5.69 Å². The minimum Gasteiger partial charge on any atom is -0.337 e. The molecule has 122 valence electrons. The summed E-state index contributed by atoms with van der Waals surface area (Å²) in [5.74, 6) is -0.170. The van der Waals surface area contributed by atoms with E-state index in [2.05, 4.69) is 5.10 Å². The highest BCUT2D eigenvalue weighted by atomic mass is 19.1. The molecule has 0 unspecified atom stereocenters. The zero-order chi connectivity index (χ0) is 16.4. The maximum atomic E-state index is 13.8. The Morgan fingerprint density at radius 2 is 2.17 bits per heavy atom. The molecule has 3 rings (SSSR count). The minimum atomic E-state index is -0.371. The second-order valence-electron chi connectivity index (χ2n) is 6.11. The second kappa shape index (κ2) is 6.50. The van der Waals surface area contributed by atoms with Gasteiger partial charge in [0.05, 0.1) is 0 Å². The Hall–Kier alpha value is -2.21. The molecule has 1 aromatic heterocycles. The molecule has 1 amide bonds. The normalized spacial score (nSPS) is 19.6. The van der Waals surface area contributed by atoms with Crippen LogP contribution in [0.1, 0.15) is 30.3 Å². The number of halogens is 1. The predicted octanol–water partition coefficient (Wildman–Crippen LogP) is 2.21. The van der Waals surface area contributed by atoms with Crippen molar-refractivity contribution >= 4 is 5.91 Å². The molecule has 1 fully saturated rings. The molecular formula is C17H21FN4O. The average molecular weight is 316 g/mol. The van der Waals surface area contributed by atoms with Crippen LogP contribution in [0.15, 0.2) is 36.5 Å². The highest BCUT2D eigenvalue weighted by molar-refractivity contribution is 5.92. The number of piperidine rings is 1. The molecule has 1 saturated heterocycles. The van der Waals surface area contributed by atoms with E-state index in [1.54, 1.807) is 35.4 Å². The number of rotatable bonds is 3. The van der Waals surface area contributed by atoms with E-state index in [1.165, 1.54) is 10.7 Å². The van der Waals surface area contributed by atoms with Crippen LogP contribution in [0.2, 0.25) is 0 Å². The van der Waals surface area contributed by atoms with Crippen molar-refractivity contribution < 1.29 is 9.18 Å². The molecule has 0 saturated carbocycles. The van der Waals surface area contributed by atoms with Gasteiger partial charge in [-0.15, -0.1) is 0 Å². The predicted molar refractivity (Wildman–Crippen MR) is 85.8 cm³/mol. The van der Waals surface area contributed by atoms with E-state index in [1.807, 2.05) is 6.92 Å². The van der Waals surface area contributed by atoms with Gasteiger partial charge in [-0.3, -0.25) is 4.79 Å². The summed E-state index contributed by atoms with van der Waals surface area (Å²) in [5.41, 5.74) is 6.63. The molecule has 2 heterocycles. The number of nitrogens with zero attached hydrogens (tertiary/aromatic N) is 3. The monoisotopic (exact) mass is 316 g/mol. The van der Waals surface area contributed by atoms with Crippen LogP contribution < -0.4 is 5.73 Å². The number of hydrogen-bond acceptors (Lipinski definition) is 3. The van der Waals surface area contributed by atoms with E-state index in [4.69, 9.17) is 5.73 Å². The molecule has 0 aliphatic carbocycles. The largest absolute Gasteiger partial charge is 0.337 e. The van der Waals surface area contributed by atoms with Gasteiger partial charge in [0.25, 0.3) is 5.91 Å². The van der Waals surface area contributed by atoms with Crippen LogP contribution in [0, 0.1) is 11.7 Å². The van der Waals surface area contributed by atoms with Crippen LogP contribution >= 0.6 is 0 Å². The van der Waals surface area contributed by atoms with Crippen molar-refractivity contribution in [2.75, 3.05) is 13.1 Å². The number of benzene rings is 1. The Morgan fingerprint density at radius 3 is 2.91 bits per heavy atom. The van der Waals surface area contributed by atoms with Crippen molar-refractivity contribution in [3.05, 3.63) is 48.0 Å². The number of aromatic nitrogens is 2. The molecule has 0 bridgehead atoms. The van der Waals surface area contributed by atoms with Crippen LogP contribution in [-0.4, -0.2) is 39.7 Å². The maximum Gasteiger partial charge on any atom is 0.274 e. The van der Waals surface area contributed by atoms with E-state index in [0.717, 1.165) is 12.8 Å². The molecule has 2 N–H and O–H groups in total. The van der Waals surface area contributed by atoms with Crippen molar-refractivity contribution in [2.45, 2.75) is 25.8 Å². The van der Waals surface area contributed by atoms with Crippen LogP contribution in [0.3, 0.4) is 0 Å². The average Bonchev–Trinajstić information content (AvgIpc) is 3.04. The standard InChI is InChI=1S/C17H21FN4O/c1-12(19)13-5-4-9-21(11-13)17(23)15-8-10-22(20-15)16-7-3-2-6-14(16)18/h2-3,6-8,10,12-13H,4-5,9,11,19H2,1H3/t12-,13+/m1/s1. The Balaban J connectivity index is 1.78. The fourth-order valence-electron chi connectivity index (χ4n) is 3.00. The number of carbonyl (C=O) groups excluding carboxylic acids is 1. The summed E-state index contributed by atoms with van der Waals surface area (Å²) < 4.78 is 15.2. The number of hydrogen-bond donors (Lipinski definition) is 1. The number of likely N-dealkylation sites (tertiary alicyclic amines) is 1. The van der Waals surface area contributed by atoms with Gasteiger partial charge in [-0.2, -0.15) is 5.10 Å². The van der Waals surface area contributed by atoms with E-state index in [-0.39, 0.29) is 17.8 Å². The topological polar surface area (TPSA) is 64.2 Å². The van der Waals surface area contributed by atoms with Gasteiger partial charge in [0, 0.05) is 25.3 Å². The molecule has 2 atom stereocenters. The van der Waals surface area contributed by atoms with Crippen molar-refractivity contribution in [3.63, 3.8) is 0 Å². The van der Waals surface area contributed by atoms with Gasteiger partial charge in [0.2, 0.25) is 0 Å². The second-order valence-corrected chi connectivity index (χ2v) is 6.11. The highest BCUT2D eigenvalue weighted by Gasteiger charge is 2.27. The number of para-hydroxylation sites is 1. The zero-order valence-corrected chi connectivity index (χ0v) is 13.2. The quantitative estimate of drug-likeness (QED) is 0.944. The molecule has 23 heavy (non-hydrogen) atoms. The molecule has 6 heteroatoms. The van der Waals surface area contributed by atoms with Gasteiger partial charge >= 0.3 is 0 Å². The molecule has 1 aliphatic rings. The Morgan fingerprint density at radius 1 is 1.39 bits per heavy atom. The molecule has 0 radical (unpaired) electrons. The number of amides is 1. The lowest BCUT2D eigenvalue weighted by Gasteiger charge is -2.34. The van der Waals surface area contributed by atoms with Gasteiger partial charge in [-0.05, 0) is 43.9 Å². The molecule has 5 nitrogen and oxygen atoms in total. The maximum absolute atomic E-state index is 13.8. The lowest BCUT2D eigenvalue weighted by molar-refractivity contribution is 0.0654. The number of nitrogens with two attached hydrogens (primary N) is 1. The first-order valence-electron chi connectivity index (χ1n) is 7.91. The van der Waals surface area contributed by atoms with E-state index < -0.39 is 0 Å². The molecule has 0 spiro atoms. The molecule has 1 aliphatic heterocycles. The van der Waals surface area contributed by atoms with Gasteiger partial charge in [0.15, 0.2) is 5.69 Å². The van der Waals surface area contributed by atoms with Gasteiger partial charge in [-0.1, -0.05) is 12.1 Å². The zero-order valence-electron chi connectivity index (χ0n) is 13.2. The van der Waals surface area contributed by atoms with Gasteiger partial charge < -0.3 is 10.6 Å². The first-order valence-corrected chi connectivity index (χ1v) is 7.91. The summed E-state index contributed by atoms with van der Waals surface area (Å²) in [6.07, 6.45) is 3.61. The summed E-state index contributed by atoms with van der Waals surface area (Å²) in [6, 6.07) is 8.06. The third kappa shape index (κ3) is 3.27.